The van der Waals surface area contributed by atoms with Crippen molar-refractivity contribution >= 4 is 28.2 Å². The SMILES string of the molecule is COc1cc(Nc2ncnc3cnc(N4CC5C(N)C5C4)cc23)ccc1Oc1cccc(F)c1. The van der Waals surface area contributed by atoms with E-state index in [4.69, 9.17) is 15.2 Å². The van der Waals surface area contributed by atoms with E-state index in [-0.39, 0.29) is 5.82 Å². The first-order valence-corrected chi connectivity index (χ1v) is 11.1. The molecular weight excluding hydrogens is 435 g/mol. The minimum Gasteiger partial charge on any atom is -0.493 e. The van der Waals surface area contributed by atoms with Crippen molar-refractivity contribution in [3.63, 3.8) is 0 Å². The van der Waals surface area contributed by atoms with E-state index in [2.05, 4.69) is 25.2 Å². The molecule has 1 saturated carbocycles. The van der Waals surface area contributed by atoms with Gasteiger partial charge in [-0.05, 0) is 42.2 Å². The van der Waals surface area contributed by atoms with Crippen molar-refractivity contribution in [3.8, 4) is 17.2 Å². The van der Waals surface area contributed by atoms with Crippen LogP contribution in [0.15, 0.2) is 61.1 Å². The Morgan fingerprint density at radius 3 is 2.68 bits per heavy atom. The van der Waals surface area contributed by atoms with Crippen LogP contribution in [0.4, 0.5) is 21.7 Å². The van der Waals surface area contributed by atoms with Gasteiger partial charge in [0, 0.05) is 42.3 Å². The molecule has 172 valence electrons. The fourth-order valence-corrected chi connectivity index (χ4v) is 4.60. The molecule has 2 aromatic carbocycles. The lowest BCUT2D eigenvalue weighted by molar-refractivity contribution is 0.378. The standard InChI is InChI=1S/C25H23FN6O2/c1-33-22-8-15(5-6-21(22)34-16-4-2-3-14(26)7-16)31-25-17-9-23(28-10-20(17)29-13-30-25)32-11-18-19(12-32)24(18)27/h2-10,13,18-19,24H,11-12,27H2,1H3,(H,29,30,31). The van der Waals surface area contributed by atoms with Gasteiger partial charge in [0.2, 0.25) is 0 Å². The number of pyridine rings is 1. The summed E-state index contributed by atoms with van der Waals surface area (Å²) in [7, 11) is 1.56. The van der Waals surface area contributed by atoms with Gasteiger partial charge in [0.25, 0.3) is 0 Å². The van der Waals surface area contributed by atoms with Gasteiger partial charge in [0.1, 0.15) is 29.5 Å². The summed E-state index contributed by atoms with van der Waals surface area (Å²) in [5.41, 5.74) is 7.59. The summed E-state index contributed by atoms with van der Waals surface area (Å²) in [6, 6.07) is 13.7. The van der Waals surface area contributed by atoms with Gasteiger partial charge in [0.15, 0.2) is 11.5 Å². The quantitative estimate of drug-likeness (QED) is 0.446. The van der Waals surface area contributed by atoms with Crippen molar-refractivity contribution < 1.29 is 13.9 Å². The second-order valence-electron chi connectivity index (χ2n) is 8.64. The van der Waals surface area contributed by atoms with Crippen LogP contribution in [0, 0.1) is 17.7 Å². The zero-order valence-electron chi connectivity index (χ0n) is 18.5. The lowest BCUT2D eigenvalue weighted by Crippen LogP contribution is -2.28. The van der Waals surface area contributed by atoms with E-state index < -0.39 is 0 Å². The lowest BCUT2D eigenvalue weighted by atomic mass is 10.2. The number of aromatic nitrogens is 3. The van der Waals surface area contributed by atoms with E-state index in [1.165, 1.54) is 18.5 Å². The van der Waals surface area contributed by atoms with Crippen molar-refractivity contribution in [1.29, 1.82) is 0 Å². The summed E-state index contributed by atoms with van der Waals surface area (Å²) in [6.45, 7) is 1.87. The number of nitrogens with two attached hydrogens (primary N) is 1. The second-order valence-corrected chi connectivity index (χ2v) is 8.64. The number of hydrogen-bond acceptors (Lipinski definition) is 8. The normalized spacial score (nSPS) is 20.8. The molecule has 1 aliphatic heterocycles. The van der Waals surface area contributed by atoms with E-state index in [0.717, 1.165) is 35.5 Å². The molecule has 3 N–H and O–H groups in total. The predicted octanol–water partition coefficient (Wildman–Crippen LogP) is 4.10. The number of fused-ring (bicyclic) bond motifs is 2. The van der Waals surface area contributed by atoms with Gasteiger partial charge in [-0.25, -0.2) is 19.3 Å². The molecule has 3 heterocycles. The smallest absolute Gasteiger partial charge is 0.169 e. The Morgan fingerprint density at radius 1 is 1.03 bits per heavy atom. The summed E-state index contributed by atoms with van der Waals surface area (Å²) >= 11 is 0. The zero-order chi connectivity index (χ0) is 23.2. The van der Waals surface area contributed by atoms with Crippen LogP contribution in [0.5, 0.6) is 17.2 Å². The number of ether oxygens (including phenoxy) is 2. The summed E-state index contributed by atoms with van der Waals surface area (Å²) in [6.07, 6.45) is 3.28. The summed E-state index contributed by atoms with van der Waals surface area (Å²) in [5.74, 6) is 3.71. The molecule has 0 bridgehead atoms. The zero-order valence-corrected chi connectivity index (χ0v) is 18.5. The van der Waals surface area contributed by atoms with Crippen molar-refractivity contribution in [2.24, 2.45) is 17.6 Å². The molecule has 2 fully saturated rings. The van der Waals surface area contributed by atoms with Gasteiger partial charge in [-0.2, -0.15) is 0 Å². The highest BCUT2D eigenvalue weighted by molar-refractivity contribution is 5.92. The van der Waals surface area contributed by atoms with Gasteiger partial charge >= 0.3 is 0 Å². The maximum absolute atomic E-state index is 13.5. The molecule has 34 heavy (non-hydrogen) atoms. The number of hydrogen-bond donors (Lipinski definition) is 2. The Balaban J connectivity index is 1.27. The number of piperidine rings is 1. The molecule has 0 amide bonds. The fourth-order valence-electron chi connectivity index (χ4n) is 4.60. The van der Waals surface area contributed by atoms with Crippen LogP contribution in [0.3, 0.4) is 0 Å². The molecule has 9 heteroatoms. The topological polar surface area (TPSA) is 98.4 Å². The Morgan fingerprint density at radius 2 is 1.88 bits per heavy atom. The third-order valence-electron chi connectivity index (χ3n) is 6.54. The molecule has 2 aliphatic rings. The molecule has 2 unspecified atom stereocenters. The van der Waals surface area contributed by atoms with Crippen LogP contribution in [0.2, 0.25) is 0 Å². The van der Waals surface area contributed by atoms with Crippen LogP contribution in [0.25, 0.3) is 10.9 Å². The number of anilines is 3. The van der Waals surface area contributed by atoms with Crippen LogP contribution < -0.4 is 25.4 Å². The van der Waals surface area contributed by atoms with E-state index in [9.17, 15) is 4.39 Å². The largest absolute Gasteiger partial charge is 0.493 e. The monoisotopic (exact) mass is 458 g/mol. The summed E-state index contributed by atoms with van der Waals surface area (Å²) in [5, 5.41) is 4.22. The van der Waals surface area contributed by atoms with Crippen molar-refractivity contribution in [2.45, 2.75) is 6.04 Å². The van der Waals surface area contributed by atoms with E-state index in [1.807, 2.05) is 12.1 Å². The Hall–Kier alpha value is -3.98. The highest BCUT2D eigenvalue weighted by Crippen LogP contribution is 2.45. The van der Waals surface area contributed by atoms with Crippen molar-refractivity contribution in [1.82, 2.24) is 15.0 Å². The van der Waals surface area contributed by atoms with Gasteiger partial charge < -0.3 is 25.4 Å². The highest BCUT2D eigenvalue weighted by Gasteiger charge is 2.53. The number of halogens is 1. The van der Waals surface area contributed by atoms with Gasteiger partial charge in [-0.1, -0.05) is 6.07 Å². The van der Waals surface area contributed by atoms with Crippen LogP contribution in [0.1, 0.15) is 0 Å². The summed E-state index contributed by atoms with van der Waals surface area (Å²) < 4.78 is 24.8. The van der Waals surface area contributed by atoms with Crippen LogP contribution >= 0.6 is 0 Å². The molecular formula is C25H23FN6O2. The van der Waals surface area contributed by atoms with Crippen LogP contribution in [-0.2, 0) is 0 Å². The maximum Gasteiger partial charge on any atom is 0.169 e. The highest BCUT2D eigenvalue weighted by atomic mass is 19.1. The molecule has 1 saturated heterocycles. The van der Waals surface area contributed by atoms with E-state index in [0.29, 0.717) is 40.9 Å². The first kappa shape index (κ1) is 20.6. The van der Waals surface area contributed by atoms with Gasteiger partial charge in [-0.15, -0.1) is 0 Å². The first-order valence-electron chi connectivity index (χ1n) is 11.1. The molecule has 0 spiro atoms. The molecule has 0 radical (unpaired) electrons. The minimum absolute atomic E-state index is 0.333. The lowest BCUT2D eigenvalue weighted by Gasteiger charge is -2.20. The second kappa shape index (κ2) is 8.11. The molecule has 2 aromatic heterocycles. The predicted molar refractivity (Wildman–Crippen MR) is 127 cm³/mol. The average Bonchev–Trinajstić information content (AvgIpc) is 3.24. The van der Waals surface area contributed by atoms with Crippen LogP contribution in [-0.4, -0.2) is 41.2 Å². The van der Waals surface area contributed by atoms with Crippen molar-refractivity contribution in [3.05, 3.63) is 66.9 Å². The van der Waals surface area contributed by atoms with Crippen molar-refractivity contribution in [2.75, 3.05) is 30.4 Å². The Labute approximate surface area is 195 Å². The average molecular weight is 458 g/mol. The van der Waals surface area contributed by atoms with E-state index in [1.54, 1.807) is 37.6 Å². The molecule has 2 atom stereocenters. The molecule has 4 aromatic rings. The first-order chi connectivity index (χ1) is 16.6. The molecule has 1 aliphatic carbocycles. The molecule has 8 nitrogen and oxygen atoms in total. The fraction of sp³-hybridized carbons (Fsp3) is 0.240. The summed E-state index contributed by atoms with van der Waals surface area (Å²) in [4.78, 5) is 15.7. The molecule has 6 rings (SSSR count). The number of nitrogens with one attached hydrogen (secondary N) is 1. The van der Waals surface area contributed by atoms with Gasteiger partial charge in [-0.3, -0.25) is 0 Å². The minimum atomic E-state index is -0.368. The third kappa shape index (κ3) is 3.73. The maximum atomic E-state index is 13.5. The number of rotatable bonds is 6. The van der Waals surface area contributed by atoms with Gasteiger partial charge in [0.05, 0.1) is 18.8 Å². The Bertz CT molecular complexity index is 1370. The number of benzene rings is 2. The number of methoxy groups -OCH3 is 1. The number of nitrogens with zero attached hydrogens (tertiary/aromatic N) is 4. The third-order valence-corrected chi connectivity index (χ3v) is 6.54. The Kier molecular flexibility index (Phi) is 4.91. The van der Waals surface area contributed by atoms with E-state index >= 15 is 0 Å².